The van der Waals surface area contributed by atoms with E-state index in [-0.39, 0.29) is 18.2 Å². The molecule has 23 heavy (non-hydrogen) atoms. The number of fused-ring (bicyclic) bond motifs is 1. The van der Waals surface area contributed by atoms with E-state index in [0.29, 0.717) is 16.6 Å². The van der Waals surface area contributed by atoms with Crippen LogP contribution in [-0.2, 0) is 14.1 Å². The Bertz CT molecular complexity index is 419. The third-order valence-electron chi connectivity index (χ3n) is 5.87. The lowest BCUT2D eigenvalue weighted by molar-refractivity contribution is -0.149. The predicted octanol–water partition coefficient (Wildman–Crippen LogP) is 3.66. The van der Waals surface area contributed by atoms with E-state index in [1.54, 1.807) is 0 Å². The van der Waals surface area contributed by atoms with Gasteiger partial charge in [0.2, 0.25) is 8.32 Å². The van der Waals surface area contributed by atoms with Gasteiger partial charge in [-0.1, -0.05) is 41.5 Å². The molecule has 0 aromatic carbocycles. The van der Waals surface area contributed by atoms with E-state index in [0.717, 1.165) is 13.0 Å². The first-order valence-electron chi connectivity index (χ1n) is 8.96. The summed E-state index contributed by atoms with van der Waals surface area (Å²) in [5.74, 6) is -1.27. The maximum atomic E-state index is 11.7. The minimum Gasteiger partial charge on any atom is -0.481 e. The Morgan fingerprint density at radius 1 is 1.17 bits per heavy atom. The van der Waals surface area contributed by atoms with Gasteiger partial charge in [0.25, 0.3) is 0 Å². The highest BCUT2D eigenvalue weighted by atomic mass is 28.4. The summed E-state index contributed by atoms with van der Waals surface area (Å²) in [6, 6.07) is -0.148. The molecule has 2 aliphatic rings. The fraction of sp³-hybridized carbons (Fsp3) is 0.941. The van der Waals surface area contributed by atoms with Crippen molar-refractivity contribution < 1.29 is 19.2 Å². The molecule has 2 fully saturated rings. The van der Waals surface area contributed by atoms with E-state index < -0.39 is 20.2 Å². The third kappa shape index (κ3) is 3.11. The number of hydrogen-bond acceptors (Lipinski definition) is 4. The van der Waals surface area contributed by atoms with Crippen LogP contribution in [0.5, 0.6) is 0 Å². The van der Waals surface area contributed by atoms with Crippen LogP contribution in [0.3, 0.4) is 0 Å². The summed E-state index contributed by atoms with van der Waals surface area (Å²) >= 11 is 0. The maximum Gasteiger partial charge on any atom is 0.311 e. The second-order valence-electron chi connectivity index (χ2n) is 8.07. The summed E-state index contributed by atoms with van der Waals surface area (Å²) in [7, 11) is -2.01. The highest BCUT2D eigenvalue weighted by molar-refractivity contribution is 6.77. The lowest BCUT2D eigenvalue weighted by Gasteiger charge is -2.45. The number of carboxylic acids is 1. The van der Waals surface area contributed by atoms with Crippen molar-refractivity contribution in [3.05, 3.63) is 0 Å². The van der Waals surface area contributed by atoms with Gasteiger partial charge in [-0.3, -0.25) is 9.63 Å². The Morgan fingerprint density at radius 3 is 2.13 bits per heavy atom. The summed E-state index contributed by atoms with van der Waals surface area (Å²) < 4.78 is 6.88. The highest BCUT2D eigenvalue weighted by Gasteiger charge is 2.56. The molecule has 0 aromatic rings. The molecule has 5 nitrogen and oxygen atoms in total. The molecule has 4 atom stereocenters. The lowest BCUT2D eigenvalue weighted by Crippen LogP contribution is -2.53. The van der Waals surface area contributed by atoms with Gasteiger partial charge in [-0.25, -0.2) is 0 Å². The molecular formula is C17H33NO4Si. The Balaban J connectivity index is 2.29. The molecule has 134 valence electrons. The zero-order valence-electron chi connectivity index (χ0n) is 15.6. The molecule has 0 aliphatic carbocycles. The first-order chi connectivity index (χ1) is 10.6. The van der Waals surface area contributed by atoms with Crippen LogP contribution in [0.25, 0.3) is 0 Å². The zero-order chi connectivity index (χ0) is 17.5. The van der Waals surface area contributed by atoms with E-state index in [1.165, 1.54) is 0 Å². The van der Waals surface area contributed by atoms with Gasteiger partial charge in [0.1, 0.15) is 5.92 Å². The van der Waals surface area contributed by atoms with Crippen molar-refractivity contribution in [2.45, 2.75) is 89.8 Å². The second-order valence-corrected chi connectivity index (χ2v) is 13.5. The standard InChI is InChI=1S/C17H33NO4Si/c1-10(2)23(11(3)4,12(5)6)22-14-8-9-18-16(14)15(17(19)20)13(7)21-18/h10-16H,8-9H2,1-7H3,(H,19,20)/t13-,14-,15+,16-/m0/s1. The van der Waals surface area contributed by atoms with Gasteiger partial charge in [-0.2, -0.15) is 5.06 Å². The van der Waals surface area contributed by atoms with E-state index in [2.05, 4.69) is 41.5 Å². The number of carbonyl (C=O) groups is 1. The first kappa shape index (κ1) is 18.9. The van der Waals surface area contributed by atoms with Crippen LogP contribution in [0.1, 0.15) is 54.9 Å². The number of nitrogens with zero attached hydrogens (tertiary/aromatic N) is 1. The quantitative estimate of drug-likeness (QED) is 0.746. The van der Waals surface area contributed by atoms with Gasteiger partial charge in [0.15, 0.2) is 0 Å². The minimum atomic E-state index is -2.01. The van der Waals surface area contributed by atoms with Crippen molar-refractivity contribution in [2.75, 3.05) is 6.54 Å². The number of aliphatic carboxylic acids is 1. The molecule has 0 radical (unpaired) electrons. The fourth-order valence-electron chi connectivity index (χ4n) is 5.00. The molecule has 2 heterocycles. The van der Waals surface area contributed by atoms with Crippen LogP contribution in [0.15, 0.2) is 0 Å². The largest absolute Gasteiger partial charge is 0.481 e. The topological polar surface area (TPSA) is 59.0 Å². The van der Waals surface area contributed by atoms with Crippen LogP contribution in [-0.4, -0.2) is 49.3 Å². The minimum absolute atomic E-state index is 0.0279. The van der Waals surface area contributed by atoms with E-state index >= 15 is 0 Å². The van der Waals surface area contributed by atoms with Crippen LogP contribution in [0.4, 0.5) is 0 Å². The number of rotatable bonds is 6. The molecular weight excluding hydrogens is 310 g/mol. The number of carboxylic acid groups (broad SMARTS) is 1. The van der Waals surface area contributed by atoms with Crippen LogP contribution < -0.4 is 0 Å². The molecule has 1 N–H and O–H groups in total. The second kappa shape index (κ2) is 6.82. The van der Waals surface area contributed by atoms with Crippen molar-refractivity contribution in [1.29, 1.82) is 0 Å². The monoisotopic (exact) mass is 343 g/mol. The van der Waals surface area contributed by atoms with Crippen LogP contribution >= 0.6 is 0 Å². The molecule has 2 saturated heterocycles. The van der Waals surface area contributed by atoms with Gasteiger partial charge in [0, 0.05) is 6.54 Å². The SMILES string of the molecule is CC(C)[Si](O[C@H]1CCN2O[C@@H](C)[C@@H](C(=O)O)[C@H]12)(C(C)C)C(C)C. The normalized spacial score (nSPS) is 32.3. The molecule has 0 spiro atoms. The van der Waals surface area contributed by atoms with Crippen molar-refractivity contribution >= 4 is 14.3 Å². The summed E-state index contributed by atoms with van der Waals surface area (Å²) in [4.78, 5) is 17.5. The fourth-order valence-corrected chi connectivity index (χ4v) is 10.6. The molecule has 2 aliphatic heterocycles. The first-order valence-corrected chi connectivity index (χ1v) is 11.1. The van der Waals surface area contributed by atoms with Crippen LogP contribution in [0.2, 0.25) is 16.6 Å². The van der Waals surface area contributed by atoms with Crippen molar-refractivity contribution in [3.63, 3.8) is 0 Å². The Labute approximate surface area is 141 Å². The smallest absolute Gasteiger partial charge is 0.311 e. The van der Waals surface area contributed by atoms with Crippen molar-refractivity contribution in [3.8, 4) is 0 Å². The van der Waals surface area contributed by atoms with Gasteiger partial charge < -0.3 is 9.53 Å². The van der Waals surface area contributed by atoms with E-state index in [9.17, 15) is 9.90 Å². The molecule has 0 amide bonds. The number of hydrogen-bond donors (Lipinski definition) is 1. The summed E-state index contributed by atoms with van der Waals surface area (Å²) in [6.45, 7) is 16.2. The average molecular weight is 344 g/mol. The molecule has 0 aromatic heterocycles. The van der Waals surface area contributed by atoms with Crippen LogP contribution in [0, 0.1) is 5.92 Å². The highest BCUT2D eigenvalue weighted by Crippen LogP contribution is 2.46. The lowest BCUT2D eigenvalue weighted by atomic mass is 9.93. The summed E-state index contributed by atoms with van der Waals surface area (Å²) in [6.07, 6.45) is 0.555. The third-order valence-corrected chi connectivity index (χ3v) is 12.0. The van der Waals surface area contributed by atoms with Gasteiger partial charge in [-0.05, 0) is 30.0 Å². The summed E-state index contributed by atoms with van der Waals surface area (Å²) in [5.41, 5.74) is 1.50. The van der Waals surface area contributed by atoms with Gasteiger partial charge in [-0.15, -0.1) is 0 Å². The molecule has 0 bridgehead atoms. The zero-order valence-corrected chi connectivity index (χ0v) is 16.6. The van der Waals surface area contributed by atoms with Gasteiger partial charge in [0.05, 0.1) is 18.2 Å². The van der Waals surface area contributed by atoms with Crippen molar-refractivity contribution in [1.82, 2.24) is 5.06 Å². The van der Waals surface area contributed by atoms with Crippen molar-refractivity contribution in [2.24, 2.45) is 5.92 Å². The molecule has 6 heteroatoms. The molecule has 2 rings (SSSR count). The van der Waals surface area contributed by atoms with Gasteiger partial charge >= 0.3 is 5.97 Å². The summed E-state index contributed by atoms with van der Waals surface area (Å²) in [5, 5.41) is 11.5. The number of hydroxylamine groups is 2. The maximum absolute atomic E-state index is 11.7. The predicted molar refractivity (Wildman–Crippen MR) is 92.7 cm³/mol. The van der Waals surface area contributed by atoms with E-state index in [1.807, 2.05) is 12.0 Å². The van der Waals surface area contributed by atoms with E-state index in [4.69, 9.17) is 9.26 Å². The molecule has 0 saturated carbocycles. The Hall–Kier alpha value is -0.433. The average Bonchev–Trinajstić information content (AvgIpc) is 2.92. The Kier molecular flexibility index (Phi) is 5.61. The Morgan fingerprint density at radius 2 is 1.70 bits per heavy atom. The molecule has 0 unspecified atom stereocenters.